The molecule has 4 heteroatoms. The van der Waals surface area contributed by atoms with E-state index in [9.17, 15) is 4.79 Å². The molecule has 0 saturated heterocycles. The summed E-state index contributed by atoms with van der Waals surface area (Å²) in [5.74, 6) is 0.809. The van der Waals surface area contributed by atoms with Crippen LogP contribution in [0.2, 0.25) is 0 Å². The van der Waals surface area contributed by atoms with Gasteiger partial charge in [-0.15, -0.1) is 0 Å². The smallest absolute Gasteiger partial charge is 0.251 e. The van der Waals surface area contributed by atoms with Crippen molar-refractivity contribution in [2.45, 2.75) is 38.5 Å². The van der Waals surface area contributed by atoms with Gasteiger partial charge in [-0.05, 0) is 31.0 Å². The second-order valence-corrected chi connectivity index (χ2v) is 5.27. The first-order chi connectivity index (χ1) is 9.29. The van der Waals surface area contributed by atoms with E-state index in [0.717, 1.165) is 24.6 Å². The summed E-state index contributed by atoms with van der Waals surface area (Å²) >= 11 is 0. The largest absolute Gasteiger partial charge is 0.352 e. The number of pyridine rings is 1. The van der Waals surface area contributed by atoms with Crippen LogP contribution in [0, 0.1) is 5.92 Å². The first kappa shape index (κ1) is 14.0. The summed E-state index contributed by atoms with van der Waals surface area (Å²) in [5, 5.41) is 3.00. The van der Waals surface area contributed by atoms with Crippen LogP contribution >= 0.6 is 0 Å². The van der Waals surface area contributed by atoms with Gasteiger partial charge in [0.1, 0.15) is 0 Å². The molecule has 0 radical (unpaired) electrons. The predicted octanol–water partition coefficient (Wildman–Crippen LogP) is 1.89. The lowest BCUT2D eigenvalue weighted by Crippen LogP contribution is -2.25. The van der Waals surface area contributed by atoms with Crippen LogP contribution < -0.4 is 11.1 Å². The highest BCUT2D eigenvalue weighted by molar-refractivity contribution is 5.94. The SMILES string of the molecule is NCCc1cc(C(=O)NCCC2CCCC2)ccn1. The van der Waals surface area contributed by atoms with E-state index in [0.29, 0.717) is 18.5 Å². The monoisotopic (exact) mass is 261 g/mol. The van der Waals surface area contributed by atoms with Gasteiger partial charge in [-0.1, -0.05) is 25.7 Å². The van der Waals surface area contributed by atoms with Crippen molar-refractivity contribution in [1.82, 2.24) is 10.3 Å². The standard InChI is InChI=1S/C15H23N3O/c16-8-5-14-11-13(7-10-17-14)15(19)18-9-6-12-3-1-2-4-12/h7,10-12H,1-6,8-9,16H2,(H,18,19). The molecular weight excluding hydrogens is 238 g/mol. The first-order valence-electron chi connectivity index (χ1n) is 7.23. The van der Waals surface area contributed by atoms with Gasteiger partial charge in [0.25, 0.3) is 5.91 Å². The Hall–Kier alpha value is -1.42. The maximum atomic E-state index is 12.0. The number of nitrogens with one attached hydrogen (secondary N) is 1. The summed E-state index contributed by atoms with van der Waals surface area (Å²) in [7, 11) is 0. The number of rotatable bonds is 6. The lowest BCUT2D eigenvalue weighted by atomic mass is 10.0. The zero-order valence-corrected chi connectivity index (χ0v) is 11.4. The summed E-state index contributed by atoms with van der Waals surface area (Å²) in [6, 6.07) is 3.59. The molecule has 1 aromatic rings. The number of aromatic nitrogens is 1. The average Bonchev–Trinajstić information content (AvgIpc) is 2.92. The molecule has 1 aliphatic rings. The fraction of sp³-hybridized carbons (Fsp3) is 0.600. The van der Waals surface area contributed by atoms with Gasteiger partial charge in [0.15, 0.2) is 0 Å². The third-order valence-electron chi connectivity index (χ3n) is 3.79. The minimum Gasteiger partial charge on any atom is -0.352 e. The molecule has 0 unspecified atom stereocenters. The Bertz CT molecular complexity index is 414. The van der Waals surface area contributed by atoms with Crippen molar-refractivity contribution < 1.29 is 4.79 Å². The molecule has 0 atom stereocenters. The minimum absolute atomic E-state index is 0.00123. The van der Waals surface area contributed by atoms with Crippen molar-refractivity contribution in [2.24, 2.45) is 11.7 Å². The van der Waals surface area contributed by atoms with E-state index in [1.54, 1.807) is 12.3 Å². The Morgan fingerprint density at radius 3 is 2.95 bits per heavy atom. The van der Waals surface area contributed by atoms with E-state index < -0.39 is 0 Å². The average molecular weight is 261 g/mol. The molecule has 0 spiro atoms. The van der Waals surface area contributed by atoms with Crippen molar-refractivity contribution in [3.63, 3.8) is 0 Å². The highest BCUT2D eigenvalue weighted by Gasteiger charge is 2.15. The third-order valence-corrected chi connectivity index (χ3v) is 3.79. The second kappa shape index (κ2) is 7.24. The molecule has 1 amide bonds. The maximum absolute atomic E-state index is 12.0. The van der Waals surface area contributed by atoms with Crippen LogP contribution in [-0.4, -0.2) is 24.0 Å². The molecule has 104 valence electrons. The molecule has 0 aliphatic heterocycles. The molecule has 0 aromatic carbocycles. The van der Waals surface area contributed by atoms with Crippen molar-refractivity contribution in [3.05, 3.63) is 29.6 Å². The van der Waals surface area contributed by atoms with Crippen molar-refractivity contribution in [3.8, 4) is 0 Å². The van der Waals surface area contributed by atoms with Gasteiger partial charge in [0.05, 0.1) is 0 Å². The molecule has 1 heterocycles. The number of nitrogens with two attached hydrogens (primary N) is 1. The van der Waals surface area contributed by atoms with Gasteiger partial charge in [-0.3, -0.25) is 9.78 Å². The minimum atomic E-state index is -0.00123. The second-order valence-electron chi connectivity index (χ2n) is 5.27. The number of nitrogens with zero attached hydrogens (tertiary/aromatic N) is 1. The van der Waals surface area contributed by atoms with Gasteiger partial charge in [0, 0.05) is 30.4 Å². The van der Waals surface area contributed by atoms with E-state index in [2.05, 4.69) is 10.3 Å². The van der Waals surface area contributed by atoms with Crippen LogP contribution in [0.5, 0.6) is 0 Å². The summed E-state index contributed by atoms with van der Waals surface area (Å²) in [5.41, 5.74) is 7.06. The molecule has 1 saturated carbocycles. The molecule has 1 aromatic heterocycles. The zero-order valence-electron chi connectivity index (χ0n) is 11.4. The van der Waals surface area contributed by atoms with E-state index in [1.807, 2.05) is 6.07 Å². The molecule has 19 heavy (non-hydrogen) atoms. The topological polar surface area (TPSA) is 68.0 Å². The molecule has 0 bridgehead atoms. The van der Waals surface area contributed by atoms with Gasteiger partial charge in [0.2, 0.25) is 0 Å². The summed E-state index contributed by atoms with van der Waals surface area (Å²) in [6.07, 6.45) is 8.85. The highest BCUT2D eigenvalue weighted by atomic mass is 16.1. The number of carbonyl (C=O) groups excluding carboxylic acids is 1. The van der Waals surface area contributed by atoms with Gasteiger partial charge in [-0.25, -0.2) is 0 Å². The molecule has 2 rings (SSSR count). The first-order valence-corrected chi connectivity index (χ1v) is 7.23. The Morgan fingerprint density at radius 1 is 1.42 bits per heavy atom. The Labute approximate surface area is 114 Å². The Balaban J connectivity index is 1.79. The summed E-state index contributed by atoms with van der Waals surface area (Å²) < 4.78 is 0. The quantitative estimate of drug-likeness (QED) is 0.821. The number of hydrogen-bond acceptors (Lipinski definition) is 3. The van der Waals surface area contributed by atoms with Gasteiger partial charge in [-0.2, -0.15) is 0 Å². The van der Waals surface area contributed by atoms with Crippen LogP contribution in [0.4, 0.5) is 0 Å². The van der Waals surface area contributed by atoms with E-state index in [4.69, 9.17) is 5.73 Å². The lowest BCUT2D eigenvalue weighted by molar-refractivity contribution is 0.0951. The van der Waals surface area contributed by atoms with Crippen LogP contribution in [0.15, 0.2) is 18.3 Å². The summed E-state index contributed by atoms with van der Waals surface area (Å²) in [4.78, 5) is 16.2. The van der Waals surface area contributed by atoms with Crippen molar-refractivity contribution >= 4 is 5.91 Å². The van der Waals surface area contributed by atoms with Crippen molar-refractivity contribution in [1.29, 1.82) is 0 Å². The maximum Gasteiger partial charge on any atom is 0.251 e. The van der Waals surface area contributed by atoms with Crippen molar-refractivity contribution in [2.75, 3.05) is 13.1 Å². The van der Waals surface area contributed by atoms with Crippen LogP contribution in [0.3, 0.4) is 0 Å². The summed E-state index contributed by atoms with van der Waals surface area (Å²) in [6.45, 7) is 1.33. The fourth-order valence-corrected chi connectivity index (χ4v) is 2.69. The van der Waals surface area contributed by atoms with E-state index in [1.165, 1.54) is 25.7 Å². The molecule has 1 fully saturated rings. The number of carbonyl (C=O) groups is 1. The molecule has 4 nitrogen and oxygen atoms in total. The number of hydrogen-bond donors (Lipinski definition) is 2. The van der Waals surface area contributed by atoms with E-state index >= 15 is 0 Å². The Kier molecular flexibility index (Phi) is 5.33. The predicted molar refractivity (Wildman–Crippen MR) is 75.9 cm³/mol. The number of amides is 1. The van der Waals surface area contributed by atoms with Gasteiger partial charge < -0.3 is 11.1 Å². The molecule has 3 N–H and O–H groups in total. The molecule has 1 aliphatic carbocycles. The fourth-order valence-electron chi connectivity index (χ4n) is 2.69. The lowest BCUT2D eigenvalue weighted by Gasteiger charge is -2.10. The van der Waals surface area contributed by atoms with E-state index in [-0.39, 0.29) is 5.91 Å². The molecular formula is C15H23N3O. The van der Waals surface area contributed by atoms with Crippen LogP contribution in [0.25, 0.3) is 0 Å². The highest BCUT2D eigenvalue weighted by Crippen LogP contribution is 2.26. The zero-order chi connectivity index (χ0) is 13.5. The van der Waals surface area contributed by atoms with Crippen LogP contribution in [0.1, 0.15) is 48.2 Å². The normalized spacial score (nSPS) is 15.6. The Morgan fingerprint density at radius 2 is 2.21 bits per heavy atom. The van der Waals surface area contributed by atoms with Gasteiger partial charge >= 0.3 is 0 Å². The van der Waals surface area contributed by atoms with Crippen LogP contribution in [-0.2, 0) is 6.42 Å². The third kappa shape index (κ3) is 4.31.